The number of benzene rings is 1. The van der Waals surface area contributed by atoms with Crippen molar-refractivity contribution in [3.05, 3.63) is 46.7 Å². The molecule has 0 bridgehead atoms. The van der Waals surface area contributed by atoms with Crippen molar-refractivity contribution in [3.63, 3.8) is 0 Å². The van der Waals surface area contributed by atoms with Crippen LogP contribution in [0.3, 0.4) is 0 Å². The van der Waals surface area contributed by atoms with Crippen LogP contribution >= 0.6 is 11.6 Å². The lowest BCUT2D eigenvalue weighted by atomic mass is 10.1. The largest absolute Gasteiger partial charge is 0.369 e. The fourth-order valence-corrected chi connectivity index (χ4v) is 1.67. The van der Waals surface area contributed by atoms with Gasteiger partial charge in [-0.1, -0.05) is 41.9 Å². The number of carbonyl (C=O) groups excluding carboxylic acids is 1. The van der Waals surface area contributed by atoms with Gasteiger partial charge in [-0.15, -0.1) is 0 Å². The van der Waals surface area contributed by atoms with Gasteiger partial charge in [-0.25, -0.2) is 0 Å². The summed E-state index contributed by atoms with van der Waals surface area (Å²) in [6.45, 7) is 1.60. The Kier molecular flexibility index (Phi) is 2.92. The Balaban J connectivity index is 2.25. The second kappa shape index (κ2) is 4.36. The molecule has 1 heterocycles. The van der Waals surface area contributed by atoms with Crippen LogP contribution in [-0.2, 0) is 0 Å². The van der Waals surface area contributed by atoms with Gasteiger partial charge in [0.2, 0.25) is 5.78 Å². The smallest absolute Gasteiger partial charge is 0.208 e. The highest BCUT2D eigenvalue weighted by Gasteiger charge is 2.17. The van der Waals surface area contributed by atoms with Crippen LogP contribution in [0.25, 0.3) is 0 Å². The average Bonchev–Trinajstić information content (AvgIpc) is 2.82. The normalized spacial score (nSPS) is 14.3. The Labute approximate surface area is 93.1 Å². The minimum Gasteiger partial charge on any atom is -0.369 e. The maximum absolute atomic E-state index is 11.9. The molecular weight excluding hydrogens is 212 g/mol. The molecule has 2 rings (SSSR count). The Morgan fingerprint density at radius 1 is 1.13 bits per heavy atom. The van der Waals surface area contributed by atoms with Crippen LogP contribution in [0.15, 0.2) is 41.2 Å². The molecule has 1 fully saturated rings. The fourth-order valence-electron chi connectivity index (χ4n) is 1.42. The monoisotopic (exact) mass is 222 g/mol. The van der Waals surface area contributed by atoms with Crippen LogP contribution < -0.4 is 10.6 Å². The van der Waals surface area contributed by atoms with E-state index in [0.717, 1.165) is 13.1 Å². The van der Waals surface area contributed by atoms with E-state index in [1.54, 1.807) is 12.1 Å². The van der Waals surface area contributed by atoms with E-state index in [-0.39, 0.29) is 10.8 Å². The number of allylic oxidation sites excluding steroid dienone is 1. The first-order valence-corrected chi connectivity index (χ1v) is 5.14. The van der Waals surface area contributed by atoms with E-state index >= 15 is 0 Å². The molecular formula is C11H11ClN2O. The fraction of sp³-hybridized carbons (Fsp3) is 0.182. The molecule has 0 aliphatic carbocycles. The second-order valence-electron chi connectivity index (χ2n) is 3.24. The van der Waals surface area contributed by atoms with Crippen molar-refractivity contribution >= 4 is 17.4 Å². The first-order valence-electron chi connectivity index (χ1n) is 4.76. The van der Waals surface area contributed by atoms with Crippen molar-refractivity contribution in [3.8, 4) is 0 Å². The lowest BCUT2D eigenvalue weighted by Crippen LogP contribution is -2.15. The molecule has 0 unspecified atom stereocenters. The van der Waals surface area contributed by atoms with Crippen LogP contribution in [0.1, 0.15) is 10.4 Å². The molecule has 2 N–H and O–H groups in total. The van der Waals surface area contributed by atoms with Gasteiger partial charge in [-0.05, 0) is 0 Å². The van der Waals surface area contributed by atoms with E-state index in [1.165, 1.54) is 0 Å². The molecule has 0 amide bonds. The molecule has 1 aliphatic heterocycles. The third-order valence-corrected chi connectivity index (χ3v) is 2.54. The highest BCUT2D eigenvalue weighted by Crippen LogP contribution is 2.14. The van der Waals surface area contributed by atoms with E-state index in [0.29, 0.717) is 11.4 Å². The van der Waals surface area contributed by atoms with E-state index in [1.807, 2.05) is 18.2 Å². The van der Waals surface area contributed by atoms with Gasteiger partial charge in [0.05, 0.1) is 0 Å². The summed E-state index contributed by atoms with van der Waals surface area (Å²) >= 11 is 5.98. The van der Waals surface area contributed by atoms with Gasteiger partial charge < -0.3 is 10.6 Å². The SMILES string of the molecule is O=C(C(Cl)=C1NCCN1)c1ccccc1. The van der Waals surface area contributed by atoms with Gasteiger partial charge in [0.25, 0.3) is 0 Å². The highest BCUT2D eigenvalue weighted by molar-refractivity contribution is 6.45. The summed E-state index contributed by atoms with van der Waals surface area (Å²) in [6, 6.07) is 9.00. The van der Waals surface area contributed by atoms with Crippen LogP contribution in [0.5, 0.6) is 0 Å². The predicted octanol–water partition coefficient (Wildman–Crippen LogP) is 1.47. The van der Waals surface area contributed by atoms with Crippen molar-refractivity contribution in [2.24, 2.45) is 0 Å². The summed E-state index contributed by atoms with van der Waals surface area (Å²) in [6.07, 6.45) is 0. The molecule has 0 atom stereocenters. The van der Waals surface area contributed by atoms with E-state index in [4.69, 9.17) is 11.6 Å². The molecule has 1 aromatic carbocycles. The van der Waals surface area contributed by atoms with Gasteiger partial charge in [0, 0.05) is 18.7 Å². The topological polar surface area (TPSA) is 41.1 Å². The van der Waals surface area contributed by atoms with Gasteiger partial charge in [0.15, 0.2) is 0 Å². The zero-order valence-corrected chi connectivity index (χ0v) is 8.84. The van der Waals surface area contributed by atoms with Gasteiger partial charge in [-0.3, -0.25) is 4.79 Å². The molecule has 1 aliphatic rings. The van der Waals surface area contributed by atoms with Gasteiger partial charge in [-0.2, -0.15) is 0 Å². The van der Waals surface area contributed by atoms with E-state index in [9.17, 15) is 4.79 Å². The van der Waals surface area contributed by atoms with Crippen molar-refractivity contribution in [2.75, 3.05) is 13.1 Å². The zero-order valence-electron chi connectivity index (χ0n) is 8.09. The molecule has 0 aromatic heterocycles. The molecule has 78 valence electrons. The Bertz CT molecular complexity index is 392. The highest BCUT2D eigenvalue weighted by atomic mass is 35.5. The zero-order chi connectivity index (χ0) is 10.7. The van der Waals surface area contributed by atoms with Crippen LogP contribution in [0.4, 0.5) is 0 Å². The van der Waals surface area contributed by atoms with Crippen LogP contribution in [0, 0.1) is 0 Å². The first kappa shape index (κ1) is 10.1. The summed E-state index contributed by atoms with van der Waals surface area (Å²) < 4.78 is 0. The van der Waals surface area contributed by atoms with Gasteiger partial charge >= 0.3 is 0 Å². The summed E-state index contributed by atoms with van der Waals surface area (Å²) in [7, 11) is 0. The number of carbonyl (C=O) groups is 1. The molecule has 15 heavy (non-hydrogen) atoms. The molecule has 3 nitrogen and oxygen atoms in total. The third-order valence-electron chi connectivity index (χ3n) is 2.18. The number of halogens is 1. The average molecular weight is 223 g/mol. The predicted molar refractivity (Wildman–Crippen MR) is 59.7 cm³/mol. The minimum atomic E-state index is -0.158. The second-order valence-corrected chi connectivity index (χ2v) is 3.62. The van der Waals surface area contributed by atoms with Crippen LogP contribution in [0.2, 0.25) is 0 Å². The van der Waals surface area contributed by atoms with Crippen molar-refractivity contribution < 1.29 is 4.79 Å². The Morgan fingerprint density at radius 2 is 1.73 bits per heavy atom. The quantitative estimate of drug-likeness (QED) is 0.588. The lowest BCUT2D eigenvalue weighted by molar-refractivity contribution is 0.104. The van der Waals surface area contributed by atoms with Gasteiger partial charge in [0.1, 0.15) is 10.9 Å². The summed E-state index contributed by atoms with van der Waals surface area (Å²) in [5.74, 6) is 0.472. The number of hydrogen-bond donors (Lipinski definition) is 2. The Hall–Kier alpha value is -1.48. The lowest BCUT2D eigenvalue weighted by Gasteiger charge is -2.04. The van der Waals surface area contributed by atoms with E-state index in [2.05, 4.69) is 10.6 Å². The maximum atomic E-state index is 11.9. The molecule has 0 saturated carbocycles. The number of rotatable bonds is 2. The molecule has 0 spiro atoms. The molecule has 4 heteroatoms. The third kappa shape index (κ3) is 2.13. The first-order chi connectivity index (χ1) is 7.29. The van der Waals surface area contributed by atoms with Crippen LogP contribution in [-0.4, -0.2) is 18.9 Å². The summed E-state index contributed by atoms with van der Waals surface area (Å²) in [5, 5.41) is 6.27. The molecule has 1 saturated heterocycles. The van der Waals surface area contributed by atoms with Crippen molar-refractivity contribution in [2.45, 2.75) is 0 Å². The minimum absolute atomic E-state index is 0.158. The number of nitrogens with one attached hydrogen (secondary N) is 2. The molecule has 0 radical (unpaired) electrons. The molecule has 1 aromatic rings. The maximum Gasteiger partial charge on any atom is 0.208 e. The Morgan fingerprint density at radius 3 is 2.33 bits per heavy atom. The van der Waals surface area contributed by atoms with E-state index < -0.39 is 0 Å². The summed E-state index contributed by atoms with van der Waals surface area (Å²) in [5.41, 5.74) is 0.602. The summed E-state index contributed by atoms with van der Waals surface area (Å²) in [4.78, 5) is 11.9. The number of hydrogen-bond acceptors (Lipinski definition) is 3. The standard InChI is InChI=1S/C11H11ClN2O/c12-9(11-13-6-7-14-11)10(15)8-4-2-1-3-5-8/h1-5,13-14H,6-7H2. The van der Waals surface area contributed by atoms with Crippen molar-refractivity contribution in [1.29, 1.82) is 0 Å². The van der Waals surface area contributed by atoms with Crippen molar-refractivity contribution in [1.82, 2.24) is 10.6 Å². The number of Topliss-reactive ketones (excluding diaryl/α,β-unsaturated/α-hetero) is 1. The number of ketones is 1.